The molecule has 4 aromatic rings. The molecule has 0 bridgehead atoms. The highest BCUT2D eigenvalue weighted by Gasteiger charge is 2.31. The van der Waals surface area contributed by atoms with Crippen LogP contribution in [0.25, 0.3) is 0 Å². The quantitative estimate of drug-likeness (QED) is 0.443. The lowest BCUT2D eigenvalue weighted by molar-refractivity contribution is 0.101. The largest absolute Gasteiger partial charge is 0.501 e. The van der Waals surface area contributed by atoms with Crippen molar-refractivity contribution >= 4 is 11.6 Å². The summed E-state index contributed by atoms with van der Waals surface area (Å²) in [6, 6.07) is 8.88. The van der Waals surface area contributed by atoms with Gasteiger partial charge in [0.15, 0.2) is 5.69 Å². The van der Waals surface area contributed by atoms with E-state index in [4.69, 9.17) is 4.11 Å². The van der Waals surface area contributed by atoms with Crippen LogP contribution in [0.5, 0.6) is 5.75 Å². The molecule has 34 heavy (non-hydrogen) atoms. The monoisotopic (exact) mass is 462 g/mol. The smallest absolute Gasteiger partial charge is 0.296 e. The van der Waals surface area contributed by atoms with Crippen LogP contribution in [0.4, 0.5) is 5.69 Å². The number of aromatic nitrogens is 5. The highest BCUT2D eigenvalue weighted by molar-refractivity contribution is 6.04. The number of aromatic hydroxyl groups is 1. The van der Waals surface area contributed by atoms with E-state index >= 15 is 0 Å². The van der Waals surface area contributed by atoms with Gasteiger partial charge in [0.05, 0.1) is 24.0 Å². The van der Waals surface area contributed by atoms with Crippen LogP contribution in [0.1, 0.15) is 55.9 Å². The van der Waals surface area contributed by atoms with Crippen molar-refractivity contribution in [2.75, 3.05) is 5.32 Å². The Kier molecular flexibility index (Phi) is 5.00. The van der Waals surface area contributed by atoms with Crippen molar-refractivity contribution in [1.29, 1.82) is 5.26 Å². The zero-order chi connectivity index (χ0) is 26.9. The van der Waals surface area contributed by atoms with Crippen molar-refractivity contribution in [1.82, 2.24) is 24.5 Å². The minimum absolute atomic E-state index is 0.109. The number of hydrogen-bond acceptors (Lipinski definition) is 8. The van der Waals surface area contributed by atoms with Crippen LogP contribution in [-0.2, 0) is 14.0 Å². The molecule has 0 saturated carbocycles. The van der Waals surface area contributed by atoms with Crippen molar-refractivity contribution in [3.63, 3.8) is 0 Å². The minimum Gasteiger partial charge on any atom is -0.501 e. The number of amides is 1. The summed E-state index contributed by atoms with van der Waals surface area (Å²) in [7, 11) is 1.39. The van der Waals surface area contributed by atoms with E-state index in [9.17, 15) is 20.0 Å². The number of nitrogens with zero attached hydrogens (tertiary/aromatic N) is 6. The minimum atomic E-state index is -2.53. The predicted molar refractivity (Wildman–Crippen MR) is 120 cm³/mol. The molecule has 0 aliphatic heterocycles. The Morgan fingerprint density at radius 1 is 1.35 bits per heavy atom. The molecule has 0 unspecified atom stereocenters. The summed E-state index contributed by atoms with van der Waals surface area (Å²) in [5, 5.41) is 30.1. The Bertz CT molecular complexity index is 1550. The van der Waals surface area contributed by atoms with E-state index in [-0.39, 0.29) is 11.5 Å². The molecule has 1 amide bonds. The highest BCUT2D eigenvalue weighted by Crippen LogP contribution is 2.38. The average molecular weight is 462 g/mol. The lowest BCUT2D eigenvalue weighted by Crippen LogP contribution is -2.29. The molecule has 1 aromatic carbocycles. The molecule has 0 radical (unpaired) electrons. The molecule has 4 rings (SSSR count). The third-order valence-electron chi connectivity index (χ3n) is 5.49. The van der Waals surface area contributed by atoms with Gasteiger partial charge in [-0.3, -0.25) is 18.8 Å². The van der Waals surface area contributed by atoms with Crippen LogP contribution in [-0.4, -0.2) is 35.5 Å². The predicted octanol–water partition coefficient (Wildman–Crippen LogP) is 2.27. The van der Waals surface area contributed by atoms with Crippen molar-refractivity contribution in [2.45, 2.75) is 18.8 Å². The molecule has 3 heterocycles. The van der Waals surface area contributed by atoms with Crippen molar-refractivity contribution in [3.8, 4) is 11.8 Å². The number of hydrogen-bond donors (Lipinski definition) is 2. The number of aryl methyl sites for hydroxylation is 1. The first-order valence-corrected chi connectivity index (χ1v) is 10.1. The molecule has 11 heteroatoms. The first-order valence-electron chi connectivity index (χ1n) is 11.6. The van der Waals surface area contributed by atoms with Gasteiger partial charge < -0.3 is 14.9 Å². The topological polar surface area (TPSA) is 152 Å². The first kappa shape index (κ1) is 18.8. The zero-order valence-corrected chi connectivity index (χ0v) is 18.1. The molecule has 0 aliphatic rings. The lowest BCUT2D eigenvalue weighted by Gasteiger charge is -2.26. The van der Waals surface area contributed by atoms with Gasteiger partial charge in [-0.05, 0) is 17.2 Å². The number of carbonyl (C=O) groups is 1. The van der Waals surface area contributed by atoms with Crippen LogP contribution in [0.15, 0.2) is 58.4 Å². The lowest BCUT2D eigenvalue weighted by atomic mass is 9.80. The van der Waals surface area contributed by atoms with E-state index in [0.717, 1.165) is 15.5 Å². The molecule has 0 aliphatic carbocycles. The van der Waals surface area contributed by atoms with E-state index in [0.29, 0.717) is 16.7 Å². The Morgan fingerprint density at radius 3 is 2.82 bits per heavy atom. The van der Waals surface area contributed by atoms with Gasteiger partial charge in [0.1, 0.15) is 17.8 Å². The second kappa shape index (κ2) is 9.03. The zero-order valence-electron chi connectivity index (χ0n) is 21.1. The van der Waals surface area contributed by atoms with E-state index in [1.54, 1.807) is 31.2 Å². The summed E-state index contributed by atoms with van der Waals surface area (Å²) >= 11 is 0. The number of benzene rings is 1. The Morgan fingerprint density at radius 2 is 2.15 bits per heavy atom. The van der Waals surface area contributed by atoms with Gasteiger partial charge in [-0.25, -0.2) is 4.98 Å². The normalized spacial score (nSPS) is 14.3. The molecule has 0 spiro atoms. The summed E-state index contributed by atoms with van der Waals surface area (Å²) < 4.78 is 29.6. The van der Waals surface area contributed by atoms with Crippen molar-refractivity contribution in [2.24, 2.45) is 14.0 Å². The molecular formula is C23H21N7O4. The van der Waals surface area contributed by atoms with Gasteiger partial charge in [-0.15, -0.1) is 0 Å². The van der Waals surface area contributed by atoms with E-state index < -0.39 is 41.7 Å². The van der Waals surface area contributed by atoms with Gasteiger partial charge in [0.2, 0.25) is 5.75 Å². The summed E-state index contributed by atoms with van der Waals surface area (Å²) in [5.74, 6) is -2.99. The van der Waals surface area contributed by atoms with Crippen molar-refractivity contribution in [3.05, 3.63) is 87.7 Å². The van der Waals surface area contributed by atoms with E-state index in [1.807, 2.05) is 0 Å². The fraction of sp³-hybridized carbons (Fsp3) is 0.217. The second-order valence-electron chi connectivity index (χ2n) is 7.58. The summed E-state index contributed by atoms with van der Waals surface area (Å²) in [6.45, 7) is -0.816. The molecule has 2 N–H and O–H groups in total. The van der Waals surface area contributed by atoms with E-state index in [2.05, 4.69) is 31.1 Å². The maximum absolute atomic E-state index is 12.9. The molecule has 11 nitrogen and oxygen atoms in total. The summed E-state index contributed by atoms with van der Waals surface area (Å²) in [6.07, 6.45) is 5.12. The SMILES string of the molecule is [2H]C([2H])([2H])n1cc([C@@H](c2ccccc2C#N)[C@H](C)c2nc(C(=O)Nc3cnoc3)c(O)c(=O)n2C)cn1. The van der Waals surface area contributed by atoms with Crippen LogP contribution in [0, 0.1) is 11.3 Å². The Labute approximate surface area is 198 Å². The Balaban J connectivity index is 1.87. The van der Waals surface area contributed by atoms with Crippen LogP contribution in [0.2, 0.25) is 0 Å². The first-order chi connectivity index (χ1) is 17.5. The molecule has 3 aromatic heterocycles. The summed E-state index contributed by atoms with van der Waals surface area (Å²) in [5.41, 5.74) is 0.133. The Hall–Kier alpha value is -4.72. The van der Waals surface area contributed by atoms with Gasteiger partial charge in [0, 0.05) is 36.2 Å². The van der Waals surface area contributed by atoms with Gasteiger partial charge >= 0.3 is 0 Å². The third-order valence-corrected chi connectivity index (χ3v) is 5.49. The number of nitriles is 1. The van der Waals surface area contributed by atoms with Crippen molar-refractivity contribution < 1.29 is 18.5 Å². The van der Waals surface area contributed by atoms with Gasteiger partial charge in [-0.2, -0.15) is 10.4 Å². The average Bonchev–Trinajstić information content (AvgIpc) is 3.55. The fourth-order valence-corrected chi connectivity index (χ4v) is 3.88. The van der Waals surface area contributed by atoms with Crippen LogP contribution in [0.3, 0.4) is 0 Å². The summed E-state index contributed by atoms with van der Waals surface area (Å²) in [4.78, 5) is 30.0. The number of nitrogens with one attached hydrogen (secondary N) is 1. The van der Waals surface area contributed by atoms with E-state index in [1.165, 1.54) is 25.6 Å². The van der Waals surface area contributed by atoms with Gasteiger partial charge in [0.25, 0.3) is 11.5 Å². The number of carbonyl (C=O) groups excluding carboxylic acids is 1. The maximum atomic E-state index is 12.9. The fourth-order valence-electron chi connectivity index (χ4n) is 3.88. The second-order valence-corrected chi connectivity index (χ2v) is 7.58. The number of rotatable bonds is 6. The molecule has 2 atom stereocenters. The molecule has 0 saturated heterocycles. The van der Waals surface area contributed by atoms with Crippen LogP contribution >= 0.6 is 0 Å². The molecule has 172 valence electrons. The number of anilines is 1. The third kappa shape index (κ3) is 4.04. The standard InChI is InChI=1S/C23H21N7O4/c1-13(18(15-9-25-29(2)11-15)17-7-5-4-6-14(17)8-24)21-28-19(20(31)23(33)30(21)3)22(32)27-16-10-26-34-12-16/h4-7,9-13,18,31H,1-3H3,(H,27,32)/t13-,18-/m0/s1/i2D3. The highest BCUT2D eigenvalue weighted by atomic mass is 16.5. The van der Waals surface area contributed by atoms with Gasteiger partial charge in [-0.1, -0.05) is 30.3 Å². The van der Waals surface area contributed by atoms with Crippen LogP contribution < -0.4 is 10.9 Å². The molecular weight excluding hydrogens is 438 g/mol. The maximum Gasteiger partial charge on any atom is 0.296 e. The molecule has 0 fully saturated rings.